The Morgan fingerprint density at radius 1 is 1.21 bits per heavy atom. The van der Waals surface area contributed by atoms with E-state index in [2.05, 4.69) is 25.8 Å². The lowest BCUT2D eigenvalue weighted by Gasteiger charge is -2.35. The summed E-state index contributed by atoms with van der Waals surface area (Å²) in [4.78, 5) is 2.52. The van der Waals surface area contributed by atoms with E-state index in [1.807, 2.05) is 0 Å². The molecule has 0 aromatic heterocycles. The highest BCUT2D eigenvalue weighted by Crippen LogP contribution is 2.29. The number of rotatable bonds is 5. The number of hydrogen-bond donors (Lipinski definition) is 0. The van der Waals surface area contributed by atoms with Crippen LogP contribution in [-0.4, -0.2) is 25.0 Å². The standard InChI is InChI=1S/C13H27N/c1-4-7-12(8-5-2)13-9-6-10-14(3)11-13/h12-13H,4-11H2,1-3H3. The number of nitrogens with zero attached hydrogens (tertiary/aromatic N) is 1. The van der Waals surface area contributed by atoms with Crippen molar-refractivity contribution in [1.29, 1.82) is 0 Å². The van der Waals surface area contributed by atoms with Crippen molar-refractivity contribution >= 4 is 0 Å². The minimum absolute atomic E-state index is 0.994. The Bertz CT molecular complexity index is 135. The van der Waals surface area contributed by atoms with Crippen LogP contribution in [0.4, 0.5) is 0 Å². The summed E-state index contributed by atoms with van der Waals surface area (Å²) < 4.78 is 0. The topological polar surface area (TPSA) is 3.24 Å². The van der Waals surface area contributed by atoms with Crippen LogP contribution in [0.2, 0.25) is 0 Å². The second kappa shape index (κ2) is 6.44. The molecule has 0 radical (unpaired) electrons. The summed E-state index contributed by atoms with van der Waals surface area (Å²) in [6.07, 6.45) is 8.54. The maximum atomic E-state index is 2.52. The van der Waals surface area contributed by atoms with Gasteiger partial charge in [-0.25, -0.2) is 0 Å². The van der Waals surface area contributed by atoms with Crippen molar-refractivity contribution in [2.24, 2.45) is 11.8 Å². The summed E-state index contributed by atoms with van der Waals surface area (Å²) in [5.41, 5.74) is 0. The zero-order chi connectivity index (χ0) is 10.4. The maximum absolute atomic E-state index is 2.52. The van der Waals surface area contributed by atoms with Crippen molar-refractivity contribution in [2.45, 2.75) is 52.4 Å². The predicted molar refractivity (Wildman–Crippen MR) is 63.5 cm³/mol. The van der Waals surface area contributed by atoms with Gasteiger partial charge in [0.2, 0.25) is 0 Å². The second-order valence-corrected chi connectivity index (χ2v) is 5.00. The maximum Gasteiger partial charge on any atom is 0.000926 e. The Hall–Kier alpha value is -0.0400. The Morgan fingerprint density at radius 3 is 2.36 bits per heavy atom. The van der Waals surface area contributed by atoms with Gasteiger partial charge >= 0.3 is 0 Å². The van der Waals surface area contributed by atoms with Gasteiger partial charge in [0.05, 0.1) is 0 Å². The number of piperidine rings is 1. The third-order valence-corrected chi connectivity index (χ3v) is 3.65. The normalized spacial score (nSPS) is 24.4. The van der Waals surface area contributed by atoms with E-state index in [9.17, 15) is 0 Å². The molecular weight excluding hydrogens is 170 g/mol. The van der Waals surface area contributed by atoms with Crippen LogP contribution in [0.25, 0.3) is 0 Å². The highest BCUT2D eigenvalue weighted by atomic mass is 15.1. The summed E-state index contributed by atoms with van der Waals surface area (Å²) in [5, 5.41) is 0. The summed E-state index contributed by atoms with van der Waals surface area (Å²) >= 11 is 0. The van der Waals surface area contributed by atoms with E-state index in [-0.39, 0.29) is 0 Å². The van der Waals surface area contributed by atoms with E-state index in [1.165, 1.54) is 51.6 Å². The van der Waals surface area contributed by atoms with Crippen LogP contribution < -0.4 is 0 Å². The molecule has 1 unspecified atom stereocenters. The van der Waals surface area contributed by atoms with Crippen molar-refractivity contribution in [3.8, 4) is 0 Å². The van der Waals surface area contributed by atoms with Crippen LogP contribution in [0, 0.1) is 11.8 Å². The van der Waals surface area contributed by atoms with Gasteiger partial charge in [-0.3, -0.25) is 0 Å². The molecule has 1 rings (SSSR count). The molecule has 14 heavy (non-hydrogen) atoms. The van der Waals surface area contributed by atoms with Crippen LogP contribution in [-0.2, 0) is 0 Å². The van der Waals surface area contributed by atoms with Crippen molar-refractivity contribution in [3.63, 3.8) is 0 Å². The second-order valence-electron chi connectivity index (χ2n) is 5.00. The minimum atomic E-state index is 0.994. The predicted octanol–water partition coefficient (Wildman–Crippen LogP) is 3.54. The lowest BCUT2D eigenvalue weighted by atomic mass is 9.80. The Morgan fingerprint density at radius 2 is 1.86 bits per heavy atom. The summed E-state index contributed by atoms with van der Waals surface area (Å²) in [7, 11) is 2.28. The molecule has 1 fully saturated rings. The molecule has 1 nitrogen and oxygen atoms in total. The van der Waals surface area contributed by atoms with E-state index in [1.54, 1.807) is 0 Å². The van der Waals surface area contributed by atoms with Crippen molar-refractivity contribution in [1.82, 2.24) is 4.90 Å². The van der Waals surface area contributed by atoms with Gasteiger partial charge in [-0.2, -0.15) is 0 Å². The van der Waals surface area contributed by atoms with E-state index in [4.69, 9.17) is 0 Å². The molecule has 0 N–H and O–H groups in total. The average Bonchev–Trinajstić information content (AvgIpc) is 2.17. The van der Waals surface area contributed by atoms with Gasteiger partial charge in [0, 0.05) is 6.54 Å². The van der Waals surface area contributed by atoms with E-state index >= 15 is 0 Å². The fourth-order valence-electron chi connectivity index (χ4n) is 2.95. The van der Waals surface area contributed by atoms with Gasteiger partial charge in [-0.1, -0.05) is 39.5 Å². The fourth-order valence-corrected chi connectivity index (χ4v) is 2.95. The first kappa shape index (κ1) is 12.0. The largest absolute Gasteiger partial charge is 0.306 e. The fraction of sp³-hybridized carbons (Fsp3) is 1.00. The molecule has 0 aliphatic carbocycles. The minimum Gasteiger partial charge on any atom is -0.306 e. The quantitative estimate of drug-likeness (QED) is 0.651. The van der Waals surface area contributed by atoms with Crippen LogP contribution in [0.5, 0.6) is 0 Å². The van der Waals surface area contributed by atoms with Gasteiger partial charge in [0.1, 0.15) is 0 Å². The third kappa shape index (κ3) is 3.61. The zero-order valence-corrected chi connectivity index (χ0v) is 10.3. The van der Waals surface area contributed by atoms with Crippen molar-refractivity contribution < 1.29 is 0 Å². The lowest BCUT2D eigenvalue weighted by Crippen LogP contribution is -2.35. The monoisotopic (exact) mass is 197 g/mol. The molecule has 0 amide bonds. The summed E-state index contributed by atoms with van der Waals surface area (Å²) in [5.74, 6) is 2.00. The van der Waals surface area contributed by atoms with E-state index in [0.717, 1.165) is 11.8 Å². The molecule has 1 aliphatic heterocycles. The van der Waals surface area contributed by atoms with Gasteiger partial charge in [0.25, 0.3) is 0 Å². The average molecular weight is 197 g/mol. The Balaban J connectivity index is 2.39. The molecule has 1 atom stereocenters. The summed E-state index contributed by atoms with van der Waals surface area (Å²) in [6.45, 7) is 7.33. The molecular formula is C13H27N. The van der Waals surface area contributed by atoms with Crippen molar-refractivity contribution in [3.05, 3.63) is 0 Å². The lowest BCUT2D eigenvalue weighted by molar-refractivity contribution is 0.146. The first-order valence-corrected chi connectivity index (χ1v) is 6.46. The molecule has 1 heterocycles. The Kier molecular flexibility index (Phi) is 5.54. The molecule has 84 valence electrons. The van der Waals surface area contributed by atoms with Crippen molar-refractivity contribution in [2.75, 3.05) is 20.1 Å². The smallest absolute Gasteiger partial charge is 0.000926 e. The molecule has 0 bridgehead atoms. The van der Waals surface area contributed by atoms with Gasteiger partial charge in [-0.15, -0.1) is 0 Å². The molecule has 1 heteroatoms. The van der Waals surface area contributed by atoms with Gasteiger partial charge < -0.3 is 4.90 Å². The highest BCUT2D eigenvalue weighted by molar-refractivity contribution is 4.77. The highest BCUT2D eigenvalue weighted by Gasteiger charge is 2.24. The first-order chi connectivity index (χ1) is 6.77. The van der Waals surface area contributed by atoms with Gasteiger partial charge in [-0.05, 0) is 38.3 Å². The Labute approximate surface area is 89.9 Å². The molecule has 0 aromatic carbocycles. The molecule has 1 saturated heterocycles. The SMILES string of the molecule is CCCC(CCC)C1CCCN(C)C1. The summed E-state index contributed by atoms with van der Waals surface area (Å²) in [6, 6.07) is 0. The van der Waals surface area contributed by atoms with E-state index < -0.39 is 0 Å². The molecule has 0 spiro atoms. The van der Waals surface area contributed by atoms with Crippen LogP contribution in [0.1, 0.15) is 52.4 Å². The van der Waals surface area contributed by atoms with Gasteiger partial charge in [0.15, 0.2) is 0 Å². The van der Waals surface area contributed by atoms with Crippen LogP contribution in [0.15, 0.2) is 0 Å². The molecule has 0 aromatic rings. The number of hydrogen-bond acceptors (Lipinski definition) is 1. The molecule has 1 aliphatic rings. The molecule has 0 saturated carbocycles. The van der Waals surface area contributed by atoms with Crippen LogP contribution in [0.3, 0.4) is 0 Å². The number of likely N-dealkylation sites (tertiary alicyclic amines) is 1. The van der Waals surface area contributed by atoms with E-state index in [0.29, 0.717) is 0 Å². The zero-order valence-electron chi connectivity index (χ0n) is 10.3. The first-order valence-electron chi connectivity index (χ1n) is 6.46. The third-order valence-electron chi connectivity index (χ3n) is 3.65. The van der Waals surface area contributed by atoms with Crippen LogP contribution >= 0.6 is 0 Å².